The predicted octanol–water partition coefficient (Wildman–Crippen LogP) is 2.45. The first-order valence-corrected chi connectivity index (χ1v) is 5.87. The van der Waals surface area contributed by atoms with E-state index >= 15 is 0 Å². The molecule has 17 heavy (non-hydrogen) atoms. The first kappa shape index (κ1) is 10.3. The van der Waals surface area contributed by atoms with E-state index in [2.05, 4.69) is 25.9 Å². The Morgan fingerprint density at radius 3 is 2.76 bits per heavy atom. The van der Waals surface area contributed by atoms with Gasteiger partial charge in [0.25, 0.3) is 0 Å². The van der Waals surface area contributed by atoms with E-state index in [0.29, 0.717) is 10.3 Å². The van der Waals surface area contributed by atoms with Crippen LogP contribution in [0.5, 0.6) is 0 Å². The molecular weight excluding hydrogens is 282 g/mol. The van der Waals surface area contributed by atoms with Gasteiger partial charge in [-0.3, -0.25) is 0 Å². The second-order valence-corrected chi connectivity index (χ2v) is 4.43. The van der Waals surface area contributed by atoms with Crippen LogP contribution >= 0.6 is 15.9 Å². The SMILES string of the molecule is O=c1[nH]cc(-c2ccccc2)c2ncc(Br)n12. The molecule has 3 aromatic rings. The van der Waals surface area contributed by atoms with Crippen molar-refractivity contribution in [1.82, 2.24) is 14.4 Å². The lowest BCUT2D eigenvalue weighted by atomic mass is 10.1. The molecule has 0 amide bonds. The van der Waals surface area contributed by atoms with Crippen molar-refractivity contribution < 1.29 is 0 Å². The van der Waals surface area contributed by atoms with Crippen LogP contribution < -0.4 is 5.69 Å². The van der Waals surface area contributed by atoms with Gasteiger partial charge >= 0.3 is 5.69 Å². The third kappa shape index (κ3) is 1.59. The molecule has 0 aliphatic carbocycles. The van der Waals surface area contributed by atoms with Gasteiger partial charge in [-0.15, -0.1) is 0 Å². The highest BCUT2D eigenvalue weighted by atomic mass is 79.9. The lowest BCUT2D eigenvalue weighted by molar-refractivity contribution is 0.987. The van der Waals surface area contributed by atoms with Crippen LogP contribution in [0.25, 0.3) is 16.8 Å². The number of nitrogens with one attached hydrogen (secondary N) is 1. The molecular formula is C12H8BrN3O. The molecule has 0 aliphatic heterocycles. The number of nitrogens with zero attached hydrogens (tertiary/aromatic N) is 2. The molecule has 84 valence electrons. The molecule has 0 bridgehead atoms. The van der Waals surface area contributed by atoms with Crippen LogP contribution in [0.15, 0.2) is 52.1 Å². The van der Waals surface area contributed by atoms with E-state index in [1.807, 2.05) is 30.3 Å². The normalized spacial score (nSPS) is 10.9. The Labute approximate surface area is 105 Å². The molecule has 0 saturated heterocycles. The average molecular weight is 290 g/mol. The summed E-state index contributed by atoms with van der Waals surface area (Å²) in [6.45, 7) is 0. The summed E-state index contributed by atoms with van der Waals surface area (Å²) in [6, 6.07) is 9.82. The molecule has 1 aromatic carbocycles. The maximum absolute atomic E-state index is 11.7. The van der Waals surface area contributed by atoms with E-state index in [-0.39, 0.29) is 5.69 Å². The molecule has 5 heteroatoms. The van der Waals surface area contributed by atoms with Crippen molar-refractivity contribution in [2.45, 2.75) is 0 Å². The van der Waals surface area contributed by atoms with Crippen LogP contribution in [-0.4, -0.2) is 14.4 Å². The number of halogens is 1. The van der Waals surface area contributed by atoms with Crippen molar-refractivity contribution >= 4 is 21.6 Å². The monoisotopic (exact) mass is 289 g/mol. The first-order chi connectivity index (χ1) is 8.27. The summed E-state index contributed by atoms with van der Waals surface area (Å²) in [5.74, 6) is 0. The molecule has 0 atom stereocenters. The van der Waals surface area contributed by atoms with Gasteiger partial charge < -0.3 is 4.98 Å². The molecule has 4 nitrogen and oxygen atoms in total. The summed E-state index contributed by atoms with van der Waals surface area (Å²) in [4.78, 5) is 18.6. The second-order valence-electron chi connectivity index (χ2n) is 3.61. The lowest BCUT2D eigenvalue weighted by Gasteiger charge is -2.03. The second kappa shape index (κ2) is 3.85. The number of benzene rings is 1. The third-order valence-electron chi connectivity index (χ3n) is 2.59. The standard InChI is InChI=1S/C12H8BrN3O/c13-10-7-14-11-9(6-15-12(17)16(10)11)8-4-2-1-3-5-8/h1-7H,(H,15,17). The molecule has 2 heterocycles. The zero-order valence-corrected chi connectivity index (χ0v) is 10.3. The van der Waals surface area contributed by atoms with Crippen molar-refractivity contribution in [3.8, 4) is 11.1 Å². The van der Waals surface area contributed by atoms with Crippen molar-refractivity contribution in [3.05, 3.63) is 57.8 Å². The van der Waals surface area contributed by atoms with Gasteiger partial charge in [-0.2, -0.15) is 0 Å². The maximum Gasteiger partial charge on any atom is 0.332 e. The summed E-state index contributed by atoms with van der Waals surface area (Å²) in [7, 11) is 0. The zero-order valence-electron chi connectivity index (χ0n) is 8.72. The quantitative estimate of drug-likeness (QED) is 0.748. The van der Waals surface area contributed by atoms with Gasteiger partial charge in [0, 0.05) is 11.8 Å². The van der Waals surface area contributed by atoms with Crippen LogP contribution in [0, 0.1) is 0 Å². The summed E-state index contributed by atoms with van der Waals surface area (Å²) in [5.41, 5.74) is 2.36. The minimum absolute atomic E-state index is 0.205. The van der Waals surface area contributed by atoms with Gasteiger partial charge in [-0.05, 0) is 21.5 Å². The van der Waals surface area contributed by atoms with Gasteiger partial charge in [0.1, 0.15) is 4.60 Å². The van der Waals surface area contributed by atoms with Gasteiger partial charge in [-0.25, -0.2) is 14.2 Å². The zero-order chi connectivity index (χ0) is 11.8. The first-order valence-electron chi connectivity index (χ1n) is 5.07. The molecule has 0 saturated carbocycles. The van der Waals surface area contributed by atoms with Crippen molar-refractivity contribution in [2.24, 2.45) is 0 Å². The topological polar surface area (TPSA) is 50.2 Å². The van der Waals surface area contributed by atoms with Crippen LogP contribution in [0.3, 0.4) is 0 Å². The highest BCUT2D eigenvalue weighted by Gasteiger charge is 2.10. The minimum Gasteiger partial charge on any atom is -0.313 e. The molecule has 0 fully saturated rings. The molecule has 0 unspecified atom stereocenters. The summed E-state index contributed by atoms with van der Waals surface area (Å²) >= 11 is 3.30. The van der Waals surface area contributed by atoms with E-state index in [1.54, 1.807) is 12.4 Å². The summed E-state index contributed by atoms with van der Waals surface area (Å²) < 4.78 is 2.15. The fraction of sp³-hybridized carbons (Fsp3) is 0. The smallest absolute Gasteiger partial charge is 0.313 e. The Balaban J connectivity index is 2.40. The number of H-pyrrole nitrogens is 1. The van der Waals surface area contributed by atoms with Crippen molar-refractivity contribution in [1.29, 1.82) is 0 Å². The van der Waals surface area contributed by atoms with Crippen molar-refractivity contribution in [2.75, 3.05) is 0 Å². The van der Waals surface area contributed by atoms with Gasteiger partial charge in [-0.1, -0.05) is 30.3 Å². The minimum atomic E-state index is -0.205. The largest absolute Gasteiger partial charge is 0.332 e. The highest BCUT2D eigenvalue weighted by Crippen LogP contribution is 2.23. The predicted molar refractivity (Wildman–Crippen MR) is 68.9 cm³/mol. The number of fused-ring (bicyclic) bond motifs is 1. The van der Waals surface area contributed by atoms with E-state index in [0.717, 1.165) is 11.1 Å². The Morgan fingerprint density at radius 1 is 1.24 bits per heavy atom. The number of aromatic amines is 1. The Morgan fingerprint density at radius 2 is 2.00 bits per heavy atom. The maximum atomic E-state index is 11.7. The van der Waals surface area contributed by atoms with Gasteiger partial charge in [0.2, 0.25) is 0 Å². The van der Waals surface area contributed by atoms with Crippen LogP contribution in [0.2, 0.25) is 0 Å². The van der Waals surface area contributed by atoms with E-state index in [1.165, 1.54) is 4.40 Å². The van der Waals surface area contributed by atoms with Gasteiger partial charge in [0.15, 0.2) is 5.65 Å². The Kier molecular flexibility index (Phi) is 2.33. The lowest BCUT2D eigenvalue weighted by Crippen LogP contribution is -2.16. The number of hydrogen-bond donors (Lipinski definition) is 1. The Bertz CT molecular complexity index is 730. The van der Waals surface area contributed by atoms with E-state index in [4.69, 9.17) is 0 Å². The molecule has 2 aromatic heterocycles. The van der Waals surface area contributed by atoms with Crippen LogP contribution in [0.1, 0.15) is 0 Å². The fourth-order valence-electron chi connectivity index (χ4n) is 1.81. The van der Waals surface area contributed by atoms with E-state index in [9.17, 15) is 4.79 Å². The molecule has 0 spiro atoms. The third-order valence-corrected chi connectivity index (χ3v) is 3.15. The van der Waals surface area contributed by atoms with Crippen LogP contribution in [0.4, 0.5) is 0 Å². The summed E-state index contributed by atoms with van der Waals surface area (Å²) in [5, 5.41) is 0. The number of aromatic nitrogens is 3. The molecule has 0 radical (unpaired) electrons. The average Bonchev–Trinajstić information content (AvgIpc) is 2.74. The molecule has 3 rings (SSSR count). The van der Waals surface area contributed by atoms with Gasteiger partial charge in [0.05, 0.1) is 6.20 Å². The molecule has 1 N–H and O–H groups in total. The van der Waals surface area contributed by atoms with E-state index < -0.39 is 0 Å². The summed E-state index contributed by atoms with van der Waals surface area (Å²) in [6.07, 6.45) is 3.31. The fourth-order valence-corrected chi connectivity index (χ4v) is 2.24. The number of rotatable bonds is 1. The van der Waals surface area contributed by atoms with Crippen LogP contribution in [-0.2, 0) is 0 Å². The number of imidazole rings is 1. The van der Waals surface area contributed by atoms with Crippen molar-refractivity contribution in [3.63, 3.8) is 0 Å². The number of hydrogen-bond acceptors (Lipinski definition) is 2. The molecule has 0 aliphatic rings. The highest BCUT2D eigenvalue weighted by molar-refractivity contribution is 9.10. The Hall–Kier alpha value is -1.88.